The molecule has 0 aliphatic carbocycles. The summed E-state index contributed by atoms with van der Waals surface area (Å²) in [6.07, 6.45) is 1.73. The Hall–Kier alpha value is -0.540. The summed E-state index contributed by atoms with van der Waals surface area (Å²) in [6, 6.07) is 9.69. The summed E-state index contributed by atoms with van der Waals surface area (Å²) in [5.41, 5.74) is 0. The minimum Gasteiger partial charge on any atom is -0.490 e. The molecule has 1 aromatic carbocycles. The fourth-order valence-corrected chi connectivity index (χ4v) is 0.672. The van der Waals surface area contributed by atoms with Gasteiger partial charge in [0.15, 0.2) is 0 Å². The van der Waals surface area contributed by atoms with E-state index in [0.717, 1.165) is 5.75 Å². The first-order valence-corrected chi connectivity index (χ1v) is 5.02. The van der Waals surface area contributed by atoms with Gasteiger partial charge >= 0.3 is 0 Å². The number of hydrogen-bond donors (Lipinski definition) is 2. The van der Waals surface area contributed by atoms with Crippen molar-refractivity contribution >= 4 is 23.3 Å². The van der Waals surface area contributed by atoms with Crippen molar-refractivity contribution in [3.05, 3.63) is 43.0 Å². The molecule has 0 aliphatic rings. The highest BCUT2D eigenvalue weighted by molar-refractivity contribution is 8.59. The van der Waals surface area contributed by atoms with E-state index in [1.165, 1.54) is 0 Å². The lowest BCUT2D eigenvalue weighted by Gasteiger charge is -1.99. The van der Waals surface area contributed by atoms with Crippen molar-refractivity contribution in [3.8, 4) is 5.75 Å². The molecule has 0 spiro atoms. The zero-order chi connectivity index (χ0) is 9.23. The lowest BCUT2D eigenvalue weighted by Crippen LogP contribution is -1.91. The van der Waals surface area contributed by atoms with Gasteiger partial charge in [0, 0.05) is 0 Å². The number of rotatable bonds is 3. The Balaban J connectivity index is 0.000000561. The number of para-hydroxylation sites is 1. The van der Waals surface area contributed by atoms with Crippen molar-refractivity contribution < 1.29 is 4.74 Å². The molecule has 0 unspecified atom stereocenters. The minimum atomic E-state index is 0.573. The van der Waals surface area contributed by atoms with Crippen molar-refractivity contribution in [2.24, 2.45) is 0 Å². The van der Waals surface area contributed by atoms with Crippen LogP contribution in [0.2, 0.25) is 0 Å². The molecule has 0 bridgehead atoms. The first kappa shape index (κ1) is 11.5. The molecule has 0 aliphatic heterocycles. The predicted octanol–water partition coefficient (Wildman–Crippen LogP) is 3.01. The Morgan fingerprint density at radius 2 is 1.83 bits per heavy atom. The minimum absolute atomic E-state index is 0.573. The number of hydrogen-bond acceptors (Lipinski definition) is 3. The van der Waals surface area contributed by atoms with Gasteiger partial charge in [-0.2, -0.15) is 0 Å². The molecule has 0 amide bonds. The average Bonchev–Trinajstić information content (AvgIpc) is 2.19. The summed E-state index contributed by atoms with van der Waals surface area (Å²) in [6.45, 7) is 4.12. The summed E-state index contributed by atoms with van der Waals surface area (Å²) < 4.78 is 5.24. The molecule has 0 saturated heterocycles. The average molecular weight is 200 g/mol. The van der Waals surface area contributed by atoms with Gasteiger partial charge in [-0.25, -0.2) is 0 Å². The van der Waals surface area contributed by atoms with Gasteiger partial charge in [-0.1, -0.05) is 30.9 Å². The molecule has 1 nitrogen and oxygen atoms in total. The van der Waals surface area contributed by atoms with Crippen LogP contribution < -0.4 is 4.74 Å². The number of benzene rings is 1. The Morgan fingerprint density at radius 3 is 2.33 bits per heavy atom. The summed E-state index contributed by atoms with van der Waals surface area (Å²) >= 11 is 6.44. The summed E-state index contributed by atoms with van der Waals surface area (Å²) in [4.78, 5) is 0. The van der Waals surface area contributed by atoms with Crippen LogP contribution in [-0.2, 0) is 0 Å². The van der Waals surface area contributed by atoms with E-state index in [-0.39, 0.29) is 0 Å². The third kappa shape index (κ3) is 5.16. The van der Waals surface area contributed by atoms with Crippen LogP contribution in [0.4, 0.5) is 0 Å². The molecule has 12 heavy (non-hydrogen) atoms. The lowest BCUT2D eigenvalue weighted by molar-refractivity contribution is 0.363. The number of thiol groups is 2. The molecule has 3 heteroatoms. The maximum absolute atomic E-state index is 5.24. The second kappa shape index (κ2) is 8.56. The van der Waals surface area contributed by atoms with E-state index in [4.69, 9.17) is 4.74 Å². The molecular weight excluding hydrogens is 188 g/mol. The molecular formula is C9H12OS2. The molecule has 0 atom stereocenters. The van der Waals surface area contributed by atoms with E-state index < -0.39 is 0 Å². The molecule has 0 saturated carbocycles. The molecule has 0 radical (unpaired) electrons. The fourth-order valence-electron chi connectivity index (χ4n) is 0.672. The van der Waals surface area contributed by atoms with Crippen LogP contribution in [0.5, 0.6) is 5.75 Å². The smallest absolute Gasteiger partial charge is 0.119 e. The van der Waals surface area contributed by atoms with Gasteiger partial charge in [0.1, 0.15) is 12.4 Å². The Morgan fingerprint density at radius 1 is 1.25 bits per heavy atom. The highest BCUT2D eigenvalue weighted by atomic mass is 33.1. The molecule has 1 aromatic rings. The first-order chi connectivity index (χ1) is 5.93. The fraction of sp³-hybridized carbons (Fsp3) is 0.111. The van der Waals surface area contributed by atoms with E-state index in [1.807, 2.05) is 30.3 Å². The molecule has 0 N–H and O–H groups in total. The molecule has 1 rings (SSSR count). The molecule has 0 aromatic heterocycles. The van der Waals surface area contributed by atoms with Gasteiger partial charge in [-0.15, -0.1) is 23.3 Å². The highest BCUT2D eigenvalue weighted by Gasteiger charge is 1.84. The summed E-state index contributed by atoms with van der Waals surface area (Å²) in [7, 11) is 0. The highest BCUT2D eigenvalue weighted by Crippen LogP contribution is 2.07. The van der Waals surface area contributed by atoms with Gasteiger partial charge in [-0.3, -0.25) is 0 Å². The topological polar surface area (TPSA) is 9.23 Å². The maximum Gasteiger partial charge on any atom is 0.119 e. The van der Waals surface area contributed by atoms with E-state index in [1.54, 1.807) is 6.08 Å². The number of ether oxygens (including phenoxy) is 1. The van der Waals surface area contributed by atoms with E-state index >= 15 is 0 Å². The van der Waals surface area contributed by atoms with Gasteiger partial charge in [-0.05, 0) is 12.1 Å². The van der Waals surface area contributed by atoms with Gasteiger partial charge in [0.05, 0.1) is 0 Å². The summed E-state index contributed by atoms with van der Waals surface area (Å²) in [5.74, 6) is 0.891. The van der Waals surface area contributed by atoms with E-state index in [9.17, 15) is 0 Å². The van der Waals surface area contributed by atoms with Gasteiger partial charge < -0.3 is 4.74 Å². The Kier molecular flexibility index (Phi) is 8.17. The molecule has 0 fully saturated rings. The van der Waals surface area contributed by atoms with Crippen LogP contribution in [-0.4, -0.2) is 6.61 Å². The lowest BCUT2D eigenvalue weighted by atomic mass is 10.3. The van der Waals surface area contributed by atoms with Crippen molar-refractivity contribution in [1.29, 1.82) is 0 Å². The van der Waals surface area contributed by atoms with Crippen LogP contribution in [0.1, 0.15) is 0 Å². The normalized spacial score (nSPS) is 7.83. The Bertz CT molecular complexity index is 199. The zero-order valence-corrected chi connectivity index (χ0v) is 8.47. The van der Waals surface area contributed by atoms with Crippen LogP contribution in [0, 0.1) is 0 Å². The van der Waals surface area contributed by atoms with E-state index in [0.29, 0.717) is 6.61 Å². The standard InChI is InChI=1S/C9H10O.H2S2/c1-2-8-10-9-6-4-3-5-7-9;1-2/h2-7H,1,8H2;1-2H. The van der Waals surface area contributed by atoms with Crippen LogP contribution in [0.3, 0.4) is 0 Å². The van der Waals surface area contributed by atoms with Crippen molar-refractivity contribution in [1.82, 2.24) is 0 Å². The quantitative estimate of drug-likeness (QED) is 0.433. The second-order valence-electron chi connectivity index (χ2n) is 1.91. The predicted molar refractivity (Wildman–Crippen MR) is 60.1 cm³/mol. The first-order valence-electron chi connectivity index (χ1n) is 3.42. The van der Waals surface area contributed by atoms with Gasteiger partial charge in [0.2, 0.25) is 0 Å². The maximum atomic E-state index is 5.24. The van der Waals surface area contributed by atoms with E-state index in [2.05, 4.69) is 29.9 Å². The monoisotopic (exact) mass is 200 g/mol. The third-order valence-corrected chi connectivity index (χ3v) is 1.11. The van der Waals surface area contributed by atoms with Crippen molar-refractivity contribution in [2.45, 2.75) is 0 Å². The summed E-state index contributed by atoms with van der Waals surface area (Å²) in [5, 5.41) is 0. The third-order valence-electron chi connectivity index (χ3n) is 1.11. The van der Waals surface area contributed by atoms with Gasteiger partial charge in [0.25, 0.3) is 0 Å². The van der Waals surface area contributed by atoms with Crippen molar-refractivity contribution in [3.63, 3.8) is 0 Å². The van der Waals surface area contributed by atoms with Crippen LogP contribution in [0.25, 0.3) is 0 Å². The zero-order valence-electron chi connectivity index (χ0n) is 6.68. The molecule has 66 valence electrons. The van der Waals surface area contributed by atoms with Crippen LogP contribution >= 0.6 is 23.3 Å². The molecule has 0 heterocycles. The largest absolute Gasteiger partial charge is 0.490 e. The van der Waals surface area contributed by atoms with Crippen LogP contribution in [0.15, 0.2) is 43.0 Å². The second-order valence-corrected chi connectivity index (χ2v) is 1.91. The van der Waals surface area contributed by atoms with Crippen molar-refractivity contribution in [2.75, 3.05) is 6.61 Å². The Labute approximate surface area is 83.7 Å². The SMILES string of the molecule is C=CCOc1ccccc1.SS.